The van der Waals surface area contributed by atoms with Gasteiger partial charge in [-0.15, -0.1) is 0 Å². The molecule has 0 saturated carbocycles. The van der Waals surface area contributed by atoms with Crippen molar-refractivity contribution in [1.29, 1.82) is 0 Å². The Kier molecular flexibility index (Phi) is 9.21. The van der Waals surface area contributed by atoms with Crippen molar-refractivity contribution < 1.29 is 29.0 Å². The van der Waals surface area contributed by atoms with E-state index in [9.17, 15) is 19.5 Å². The minimum absolute atomic E-state index is 0.0379. The summed E-state index contributed by atoms with van der Waals surface area (Å²) >= 11 is 0. The number of aryl methyl sites for hydroxylation is 1. The number of hydrogen-bond acceptors (Lipinski definition) is 7. The van der Waals surface area contributed by atoms with Gasteiger partial charge >= 0.3 is 12.1 Å². The molecule has 1 saturated heterocycles. The molecular formula is C22H31N3O6. The average molecular weight is 434 g/mol. The highest BCUT2D eigenvalue weighted by atomic mass is 16.6. The van der Waals surface area contributed by atoms with Gasteiger partial charge in [-0.1, -0.05) is 51.1 Å². The summed E-state index contributed by atoms with van der Waals surface area (Å²) in [6.07, 6.45) is -1.38. The van der Waals surface area contributed by atoms with E-state index >= 15 is 0 Å². The highest BCUT2D eigenvalue weighted by Crippen LogP contribution is 2.31. The van der Waals surface area contributed by atoms with Crippen LogP contribution in [0, 0.1) is 17.8 Å². The molecule has 170 valence electrons. The van der Waals surface area contributed by atoms with Gasteiger partial charge in [-0.3, -0.25) is 5.32 Å². The number of benzene rings is 1. The van der Waals surface area contributed by atoms with Crippen LogP contribution in [0.2, 0.25) is 0 Å². The van der Waals surface area contributed by atoms with E-state index in [-0.39, 0.29) is 30.7 Å². The molecule has 1 aromatic rings. The molecular weight excluding hydrogens is 402 g/mol. The Balaban J connectivity index is 2.25. The van der Waals surface area contributed by atoms with Crippen molar-refractivity contribution in [1.82, 2.24) is 10.2 Å². The van der Waals surface area contributed by atoms with Crippen LogP contribution in [-0.4, -0.2) is 53.7 Å². The molecule has 4 atom stereocenters. The van der Waals surface area contributed by atoms with Crippen LogP contribution >= 0.6 is 0 Å². The van der Waals surface area contributed by atoms with E-state index in [2.05, 4.69) is 5.32 Å². The Morgan fingerprint density at radius 1 is 1.32 bits per heavy atom. The number of imide groups is 1. The number of nitrogens with one attached hydrogen (secondary N) is 1. The summed E-state index contributed by atoms with van der Waals surface area (Å²) < 4.78 is 10.7. The first kappa shape index (κ1) is 24.6. The number of urea groups is 1. The van der Waals surface area contributed by atoms with Crippen molar-refractivity contribution in [3.05, 3.63) is 41.6 Å². The van der Waals surface area contributed by atoms with Crippen LogP contribution in [0.3, 0.4) is 0 Å². The summed E-state index contributed by atoms with van der Waals surface area (Å²) in [5.41, 5.74) is 6.25. The van der Waals surface area contributed by atoms with Gasteiger partial charge in [-0.05, 0) is 24.3 Å². The number of aliphatic hydroxyl groups excluding tert-OH is 1. The lowest BCUT2D eigenvalue weighted by Crippen LogP contribution is -2.46. The van der Waals surface area contributed by atoms with Crippen LogP contribution in [0.4, 0.5) is 9.59 Å². The molecule has 2 rings (SSSR count). The molecule has 0 aromatic heterocycles. The number of carbonyl (C=O) groups excluding carboxylic acids is 3. The molecule has 1 fully saturated rings. The van der Waals surface area contributed by atoms with Gasteiger partial charge in [0.25, 0.3) is 0 Å². The fourth-order valence-electron chi connectivity index (χ4n) is 3.53. The lowest BCUT2D eigenvalue weighted by molar-refractivity contribution is -0.108. The minimum Gasteiger partial charge on any atom is -0.449 e. The summed E-state index contributed by atoms with van der Waals surface area (Å²) in [5, 5.41) is 12.9. The highest BCUT2D eigenvalue weighted by molar-refractivity contribution is 5.94. The molecule has 0 radical (unpaired) electrons. The van der Waals surface area contributed by atoms with Gasteiger partial charge in [-0.25, -0.2) is 14.4 Å². The zero-order valence-electron chi connectivity index (χ0n) is 18.1. The molecule has 9 heteroatoms. The quantitative estimate of drug-likeness (QED) is 0.508. The largest absolute Gasteiger partial charge is 0.449 e. The molecule has 1 aliphatic rings. The summed E-state index contributed by atoms with van der Waals surface area (Å²) in [7, 11) is 0. The van der Waals surface area contributed by atoms with Crippen LogP contribution in [0.5, 0.6) is 0 Å². The van der Waals surface area contributed by atoms with E-state index in [4.69, 9.17) is 15.2 Å². The molecule has 1 aromatic carbocycles. The monoisotopic (exact) mass is 433 g/mol. The number of primary amides is 1. The fraction of sp³-hybridized carbons (Fsp3) is 0.545. The molecule has 9 nitrogen and oxygen atoms in total. The van der Waals surface area contributed by atoms with Crippen LogP contribution in [-0.2, 0) is 20.7 Å². The molecule has 1 heterocycles. The maximum atomic E-state index is 12.5. The number of rotatable bonds is 9. The van der Waals surface area contributed by atoms with Crippen LogP contribution < -0.4 is 11.1 Å². The second-order valence-electron chi connectivity index (χ2n) is 8.03. The first-order chi connectivity index (χ1) is 14.7. The molecule has 0 spiro atoms. The number of hydrogen-bond donors (Lipinski definition) is 3. The predicted octanol–water partition coefficient (Wildman–Crippen LogP) is 2.02. The van der Waals surface area contributed by atoms with Gasteiger partial charge in [0, 0.05) is 18.4 Å². The third-order valence-corrected chi connectivity index (χ3v) is 5.16. The average Bonchev–Trinajstić information content (AvgIpc) is 3.16. The number of nitrogens with two attached hydrogens (primary N) is 1. The summed E-state index contributed by atoms with van der Waals surface area (Å²) in [4.78, 5) is 36.9. The van der Waals surface area contributed by atoms with Gasteiger partial charge in [0.05, 0.1) is 6.61 Å². The van der Waals surface area contributed by atoms with Crippen molar-refractivity contribution in [3.8, 4) is 0 Å². The number of allylic oxidation sites excluding steroid dienone is 1. The highest BCUT2D eigenvalue weighted by Gasteiger charge is 2.39. The van der Waals surface area contributed by atoms with Gasteiger partial charge in [-0.2, -0.15) is 4.90 Å². The zero-order chi connectivity index (χ0) is 23.0. The number of ether oxygens (including phenoxy) is 2. The normalized spacial score (nSPS) is 20.0. The van der Waals surface area contributed by atoms with E-state index in [0.29, 0.717) is 17.7 Å². The molecule has 31 heavy (non-hydrogen) atoms. The Morgan fingerprint density at radius 3 is 2.52 bits per heavy atom. The topological polar surface area (TPSA) is 131 Å². The molecule has 0 bridgehead atoms. The first-order valence-corrected chi connectivity index (χ1v) is 10.4. The third kappa shape index (κ3) is 6.90. The summed E-state index contributed by atoms with van der Waals surface area (Å²) in [6.45, 7) is 5.68. The lowest BCUT2D eigenvalue weighted by Gasteiger charge is -2.32. The zero-order valence-corrected chi connectivity index (χ0v) is 18.1. The summed E-state index contributed by atoms with van der Waals surface area (Å²) in [5.74, 6) is 0.731. The molecule has 0 aliphatic carbocycles. The minimum atomic E-state index is -1.12. The first-order valence-electron chi connectivity index (χ1n) is 10.4. The predicted molar refractivity (Wildman–Crippen MR) is 113 cm³/mol. The second kappa shape index (κ2) is 11.6. The molecule has 4 N–H and O–H groups in total. The van der Waals surface area contributed by atoms with Crippen molar-refractivity contribution in [2.45, 2.75) is 46.1 Å². The van der Waals surface area contributed by atoms with E-state index in [0.717, 1.165) is 5.56 Å². The van der Waals surface area contributed by atoms with Crippen molar-refractivity contribution in [2.75, 3.05) is 13.2 Å². The number of amides is 3. The SMILES string of the molecule is CC(C)COC(=O)N(C(N)=O)C(=C=O)C(C)C(CCc1ccccc1)C1NCC(O)O1. The van der Waals surface area contributed by atoms with E-state index in [1.54, 1.807) is 12.9 Å². The van der Waals surface area contributed by atoms with Crippen LogP contribution in [0.1, 0.15) is 32.8 Å². The maximum absolute atomic E-state index is 12.5. The second-order valence-corrected chi connectivity index (χ2v) is 8.03. The van der Waals surface area contributed by atoms with Gasteiger partial charge in [0.1, 0.15) is 17.9 Å². The molecule has 3 amide bonds. The van der Waals surface area contributed by atoms with E-state index in [1.165, 1.54) is 0 Å². The molecule has 1 aliphatic heterocycles. The number of nitrogens with zero attached hydrogens (tertiary/aromatic N) is 1. The lowest BCUT2D eigenvalue weighted by atomic mass is 9.84. The van der Waals surface area contributed by atoms with Gasteiger partial charge < -0.3 is 20.3 Å². The van der Waals surface area contributed by atoms with Crippen molar-refractivity contribution in [3.63, 3.8) is 0 Å². The van der Waals surface area contributed by atoms with Crippen LogP contribution in [0.25, 0.3) is 0 Å². The maximum Gasteiger partial charge on any atom is 0.423 e. The Hall–Kier alpha value is -2.71. The standard InChI is InChI=1S/C22H31N3O6/c1-14(2)13-30-22(29)25(21(23)28)18(12-26)15(3)17(20-24-11-19(27)31-20)10-9-16-7-5-4-6-8-16/h4-8,14-15,17,19-20,24,27H,9-11,13H2,1-3H3,(H2,23,28). The van der Waals surface area contributed by atoms with Crippen LogP contribution in [0.15, 0.2) is 36.0 Å². The van der Waals surface area contributed by atoms with Gasteiger partial charge in [0.2, 0.25) is 0 Å². The van der Waals surface area contributed by atoms with E-state index in [1.807, 2.05) is 44.2 Å². The number of aliphatic hydroxyl groups is 1. The number of carbonyl (C=O) groups is 2. The Labute approximate surface area is 182 Å². The Bertz CT molecular complexity index is 794. The number of β-amino-alcohol motifs (C(OH)–C–C–N with tert-alkyl or cyclic N) is 1. The van der Waals surface area contributed by atoms with Gasteiger partial charge in [0.15, 0.2) is 6.29 Å². The summed E-state index contributed by atoms with van der Waals surface area (Å²) in [6, 6.07) is 8.61. The van der Waals surface area contributed by atoms with Crippen molar-refractivity contribution in [2.24, 2.45) is 23.5 Å². The van der Waals surface area contributed by atoms with E-state index < -0.39 is 30.6 Å². The van der Waals surface area contributed by atoms with Crippen molar-refractivity contribution >= 4 is 18.1 Å². The fourth-order valence-corrected chi connectivity index (χ4v) is 3.53. The Morgan fingerprint density at radius 2 is 2.00 bits per heavy atom. The smallest absolute Gasteiger partial charge is 0.423 e. The third-order valence-electron chi connectivity index (χ3n) is 5.16. The molecule has 4 unspecified atom stereocenters.